The number of nitrogens with zero attached hydrogens (tertiary/aromatic N) is 2. The van der Waals surface area contributed by atoms with Gasteiger partial charge in [0.2, 0.25) is 0 Å². The molecule has 55 heavy (non-hydrogen) atoms. The number of alkyl halides is 2. The highest BCUT2D eigenvalue weighted by molar-refractivity contribution is 4.67. The predicted molar refractivity (Wildman–Crippen MR) is 266 cm³/mol. The molecule has 1 aliphatic carbocycles. The van der Waals surface area contributed by atoms with Crippen molar-refractivity contribution in [1.82, 2.24) is 20.4 Å². The molecule has 1 unspecified atom stereocenters. The summed E-state index contributed by atoms with van der Waals surface area (Å²) in [7, 11) is 12.2. The molecule has 2 N–H and O–H groups in total. The van der Waals surface area contributed by atoms with E-state index >= 15 is 0 Å². The Kier molecular flexibility index (Phi) is 237. The first kappa shape index (κ1) is 105. The molecule has 1 saturated carbocycles. The smallest absolute Gasteiger partial charge is 0.0922 e. The number of rotatable bonds is 16. The van der Waals surface area contributed by atoms with Crippen molar-refractivity contribution in [1.29, 1.82) is 0 Å². The van der Waals surface area contributed by atoms with Crippen molar-refractivity contribution < 1.29 is 23.0 Å². The molecular weight excluding hydrogens is 695 g/mol. The lowest BCUT2D eigenvalue weighted by molar-refractivity contribution is 0.110. The second-order valence-corrected chi connectivity index (χ2v) is 10.9. The van der Waals surface area contributed by atoms with Gasteiger partial charge in [0, 0.05) is 34.0 Å². The lowest BCUT2D eigenvalue weighted by Crippen LogP contribution is -2.15. The Bertz CT molecular complexity index is 357. The predicted octanol–water partition coefficient (Wildman–Crippen LogP) is 14.5. The van der Waals surface area contributed by atoms with Gasteiger partial charge in [-0.3, -0.25) is 8.78 Å². The van der Waals surface area contributed by atoms with E-state index in [0.29, 0.717) is 19.2 Å². The Labute approximate surface area is 357 Å². The highest BCUT2D eigenvalue weighted by Gasteiger charge is 2.15. The molecule has 0 aliphatic heterocycles. The fourth-order valence-electron chi connectivity index (χ4n) is 2.75. The SMILES string of the molecule is C.C.C.C.C.C.C.C.CCCC(C)OC.CCCN(C)C.CCCNC.CCCOC.CCN(C)CC.CCNCC.CCOCC.CF.FCC1CCC1. The van der Waals surface area contributed by atoms with Crippen LogP contribution in [0.25, 0.3) is 0 Å². The number of hydrogen-bond acceptors (Lipinski definition) is 7. The van der Waals surface area contributed by atoms with Gasteiger partial charge in [-0.25, -0.2) is 0 Å². The Balaban J connectivity index is -0.0000000220. The number of ether oxygens (including phenoxy) is 3. The summed E-state index contributed by atoms with van der Waals surface area (Å²) >= 11 is 0. The fourth-order valence-corrected chi connectivity index (χ4v) is 2.75. The molecule has 0 bridgehead atoms. The van der Waals surface area contributed by atoms with Crippen molar-refractivity contribution in [3.05, 3.63) is 0 Å². The molecule has 1 atom stereocenters. The molecule has 0 aromatic heterocycles. The first-order valence-corrected chi connectivity index (χ1v) is 18.7. The molecule has 0 aromatic carbocycles. The van der Waals surface area contributed by atoms with E-state index in [2.05, 4.69) is 104 Å². The molecule has 362 valence electrons. The topological polar surface area (TPSA) is 58.2 Å². The molecule has 7 nitrogen and oxygen atoms in total. The molecule has 0 heterocycles. The van der Waals surface area contributed by atoms with E-state index in [1.807, 2.05) is 20.9 Å². The maximum atomic E-state index is 11.4. The van der Waals surface area contributed by atoms with Crippen LogP contribution in [0.15, 0.2) is 0 Å². The molecule has 1 aliphatic rings. The zero-order valence-corrected chi connectivity index (χ0v) is 35.8. The van der Waals surface area contributed by atoms with Gasteiger partial charge >= 0.3 is 0 Å². The summed E-state index contributed by atoms with van der Waals surface area (Å²) in [5.41, 5.74) is 0. The summed E-state index contributed by atoms with van der Waals surface area (Å²) in [5.74, 6) is 0.449. The van der Waals surface area contributed by atoms with E-state index < -0.39 is 0 Å². The minimum absolute atomic E-state index is 0. The third kappa shape index (κ3) is 187. The van der Waals surface area contributed by atoms with E-state index in [9.17, 15) is 8.78 Å². The molecule has 1 fully saturated rings. The minimum Gasteiger partial charge on any atom is -0.385 e. The number of methoxy groups -OCH3 is 2. The minimum atomic E-state index is -0.0833. The molecule has 0 spiro atoms. The zero-order chi connectivity index (χ0) is 38.6. The van der Waals surface area contributed by atoms with E-state index in [0.717, 1.165) is 71.8 Å². The molecule has 0 radical (unpaired) electrons. The molecule has 0 amide bonds. The lowest BCUT2D eigenvalue weighted by Gasteiger charge is -2.20. The molecule has 9 heteroatoms. The summed E-state index contributed by atoms with van der Waals surface area (Å²) in [5, 5.41) is 6.13. The monoisotopic (exact) mass is 821 g/mol. The number of hydrogen-bond donors (Lipinski definition) is 2. The van der Waals surface area contributed by atoms with Gasteiger partial charge in [0.1, 0.15) is 0 Å². The second kappa shape index (κ2) is 124. The van der Waals surface area contributed by atoms with Crippen LogP contribution in [0.2, 0.25) is 0 Å². The molecule has 0 aromatic rings. The molecule has 1 rings (SSSR count). The van der Waals surface area contributed by atoms with Crippen LogP contribution < -0.4 is 10.6 Å². The van der Waals surface area contributed by atoms with Crippen LogP contribution >= 0.6 is 0 Å². The third-order valence-corrected chi connectivity index (χ3v) is 6.11. The van der Waals surface area contributed by atoms with Gasteiger partial charge in [-0.2, -0.15) is 0 Å². The van der Waals surface area contributed by atoms with E-state index in [1.165, 1.54) is 38.6 Å². The van der Waals surface area contributed by atoms with Crippen molar-refractivity contribution in [2.45, 2.75) is 193 Å². The highest BCUT2D eigenvalue weighted by Crippen LogP contribution is 2.25. The van der Waals surface area contributed by atoms with Crippen LogP contribution in [0.3, 0.4) is 0 Å². The van der Waals surface area contributed by atoms with Gasteiger partial charge in [-0.15, -0.1) is 0 Å². The Morgan fingerprint density at radius 3 is 1.11 bits per heavy atom. The van der Waals surface area contributed by atoms with Gasteiger partial charge in [0.15, 0.2) is 0 Å². The molecule has 0 saturated heterocycles. The van der Waals surface area contributed by atoms with E-state index in [1.54, 1.807) is 14.2 Å². The van der Waals surface area contributed by atoms with Crippen molar-refractivity contribution in [3.63, 3.8) is 0 Å². The maximum absolute atomic E-state index is 11.4. The summed E-state index contributed by atoms with van der Waals surface area (Å²) in [4.78, 5) is 4.43. The van der Waals surface area contributed by atoms with E-state index in [-0.39, 0.29) is 66.1 Å². The second-order valence-electron chi connectivity index (χ2n) is 10.9. The average Bonchev–Trinajstić information content (AvgIpc) is 3.05. The van der Waals surface area contributed by atoms with Crippen molar-refractivity contribution in [3.8, 4) is 0 Å². The normalized spacial score (nSPS) is 9.71. The standard InChI is InChI=1S/C6H14O.C5H9F.2C5H13N.2C4H11N.2C4H10O.CH3F.8CH4/c1-4-5-6(2)7-3;6-4-5-2-1-3-5;1-4-5-6(2)3;1-4-6(3)5-2;1-3-4-5-2;1-3-5-4-2;1-3-4-5-2;1-3-5-4-2;1-2;;;;;;;;/h6H,4-5H2,1-3H3;5H,1-4H2;2*4-5H2,1-3H3;2*5H,3-4H2,1-2H3;2*3-4H2,1-2H3;1H3;8*1H4. The van der Waals surface area contributed by atoms with Gasteiger partial charge in [0.25, 0.3) is 0 Å². The Hall–Kier alpha value is -0.420. The van der Waals surface area contributed by atoms with E-state index in [4.69, 9.17) is 14.2 Å². The first-order chi connectivity index (χ1) is 22.5. The quantitative estimate of drug-likeness (QED) is 0.161. The lowest BCUT2D eigenvalue weighted by atomic mass is 9.87. The van der Waals surface area contributed by atoms with Gasteiger partial charge < -0.3 is 34.6 Å². The van der Waals surface area contributed by atoms with Crippen LogP contribution in [0.5, 0.6) is 0 Å². The van der Waals surface area contributed by atoms with Crippen molar-refractivity contribution in [2.24, 2.45) is 5.92 Å². The zero-order valence-electron chi connectivity index (χ0n) is 35.8. The van der Waals surface area contributed by atoms with Gasteiger partial charge in [-0.05, 0) is 133 Å². The van der Waals surface area contributed by atoms with Crippen LogP contribution in [-0.2, 0) is 14.2 Å². The van der Waals surface area contributed by atoms with Gasteiger partial charge in [0.05, 0.1) is 20.0 Å². The number of halogens is 2. The van der Waals surface area contributed by atoms with Crippen LogP contribution in [0.1, 0.15) is 187 Å². The Morgan fingerprint density at radius 2 is 1.09 bits per heavy atom. The highest BCUT2D eigenvalue weighted by atomic mass is 19.1. The van der Waals surface area contributed by atoms with Gasteiger partial charge in [-0.1, -0.05) is 128 Å². The molecular formula is C46H126F2N4O3. The van der Waals surface area contributed by atoms with Crippen LogP contribution in [-0.4, -0.2) is 131 Å². The Morgan fingerprint density at radius 1 is 0.673 bits per heavy atom. The van der Waals surface area contributed by atoms with Crippen LogP contribution in [0.4, 0.5) is 8.78 Å². The maximum Gasteiger partial charge on any atom is 0.0922 e. The number of nitrogens with one attached hydrogen (secondary N) is 2. The largest absolute Gasteiger partial charge is 0.385 e. The summed E-state index contributed by atoms with van der Waals surface area (Å²) in [6.07, 6.45) is 9.98. The average molecular weight is 822 g/mol. The van der Waals surface area contributed by atoms with Crippen molar-refractivity contribution >= 4 is 0 Å². The van der Waals surface area contributed by atoms with Crippen LogP contribution in [0, 0.1) is 5.92 Å². The summed E-state index contributed by atoms with van der Waals surface area (Å²) < 4.78 is 35.5. The fraction of sp³-hybridized carbons (Fsp3) is 1.00. The third-order valence-electron chi connectivity index (χ3n) is 6.11. The van der Waals surface area contributed by atoms with Crippen molar-refractivity contribution in [2.75, 3.05) is 115 Å². The summed E-state index contributed by atoms with van der Waals surface area (Å²) in [6, 6.07) is 0. The summed E-state index contributed by atoms with van der Waals surface area (Å²) in [6.45, 7) is 32.5. The first-order valence-electron chi connectivity index (χ1n) is 18.7.